The molecule has 0 spiro atoms. The Morgan fingerprint density at radius 3 is 2.33 bits per heavy atom. The topological polar surface area (TPSA) is 168 Å². The molecule has 0 aromatic carbocycles. The van der Waals surface area contributed by atoms with Crippen molar-refractivity contribution in [3.63, 3.8) is 0 Å². The molecule has 4 aromatic rings. The first-order chi connectivity index (χ1) is 18.7. The lowest BCUT2D eigenvalue weighted by Crippen LogP contribution is -2.45. The van der Waals surface area contributed by atoms with Crippen molar-refractivity contribution in [1.29, 1.82) is 5.26 Å². The van der Waals surface area contributed by atoms with Gasteiger partial charge in [0, 0.05) is 5.54 Å². The highest BCUT2D eigenvalue weighted by Gasteiger charge is 2.41. The van der Waals surface area contributed by atoms with Crippen LogP contribution in [0.3, 0.4) is 0 Å². The van der Waals surface area contributed by atoms with Gasteiger partial charge in [0.25, 0.3) is 5.91 Å². The van der Waals surface area contributed by atoms with E-state index in [9.17, 15) is 33.1 Å². The maximum Gasteiger partial charge on any atom is 0.434 e. The minimum atomic E-state index is -5.06. The molecule has 4 rings (SSSR count). The lowest BCUT2D eigenvalue weighted by molar-refractivity contribution is -0.143. The molecule has 40 heavy (non-hydrogen) atoms. The lowest BCUT2D eigenvalue weighted by atomic mass is 10.1. The quantitative estimate of drug-likeness (QED) is 0.371. The number of alkyl halides is 3. The number of halogens is 3. The van der Waals surface area contributed by atoms with Crippen molar-refractivity contribution in [1.82, 2.24) is 34.7 Å². The van der Waals surface area contributed by atoms with Gasteiger partial charge >= 0.3 is 12.3 Å². The molecule has 4 heterocycles. The van der Waals surface area contributed by atoms with Gasteiger partial charge in [0.15, 0.2) is 17.3 Å². The Morgan fingerprint density at radius 2 is 1.75 bits per heavy atom. The van der Waals surface area contributed by atoms with Crippen LogP contribution >= 0.6 is 0 Å². The average molecular weight is 554 g/mol. The van der Waals surface area contributed by atoms with Gasteiger partial charge in [-0.25, -0.2) is 19.4 Å². The fourth-order valence-corrected chi connectivity index (χ4v) is 3.81. The number of aromatic nitrogens is 7. The van der Waals surface area contributed by atoms with E-state index in [1.807, 2.05) is 6.07 Å². The summed E-state index contributed by atoms with van der Waals surface area (Å²) in [6.45, 7) is 6.28. The SMILES string of the molecule is Cc1ccc(N(C(=O)O)C(C)(C)C)nc1-n1ncc(C(=O)Nc2cnc(-n3nccn3)c(C#N)c2)c1C(F)(F)F. The standard InChI is InChI=1S/C24H21F3N10O3/c1-13-5-6-17(35(22(39)40)23(2,3)4)34-19(13)36-18(24(25,26)27)16(12-32-36)21(38)33-15-9-14(10-28)20(29-11-15)37-30-7-8-31-37/h5-9,11-12H,1-4H3,(H,33,38)(H,39,40). The first-order valence-electron chi connectivity index (χ1n) is 11.5. The molecule has 2 N–H and O–H groups in total. The van der Waals surface area contributed by atoms with Crippen molar-refractivity contribution in [3.05, 3.63) is 65.4 Å². The summed E-state index contributed by atoms with van der Waals surface area (Å²) in [5.41, 5.74) is -3.08. The lowest BCUT2D eigenvalue weighted by Gasteiger charge is -2.32. The number of hydrogen-bond donors (Lipinski definition) is 2. The molecule has 13 nitrogen and oxygen atoms in total. The van der Waals surface area contributed by atoms with E-state index in [0.29, 0.717) is 4.68 Å². The van der Waals surface area contributed by atoms with E-state index >= 15 is 0 Å². The third-order valence-corrected chi connectivity index (χ3v) is 5.48. The summed E-state index contributed by atoms with van der Waals surface area (Å²) in [5.74, 6) is -1.56. The summed E-state index contributed by atoms with van der Waals surface area (Å²) in [5, 5.41) is 33.0. The Kier molecular flexibility index (Phi) is 6.99. The number of carbonyl (C=O) groups excluding carboxylic acids is 1. The van der Waals surface area contributed by atoms with Gasteiger partial charge < -0.3 is 10.4 Å². The zero-order valence-corrected chi connectivity index (χ0v) is 21.5. The maximum atomic E-state index is 14.3. The van der Waals surface area contributed by atoms with Crippen molar-refractivity contribution in [2.45, 2.75) is 39.4 Å². The number of amides is 2. The highest BCUT2D eigenvalue weighted by atomic mass is 19.4. The summed E-state index contributed by atoms with van der Waals surface area (Å²) in [7, 11) is 0. The Labute approximate surface area is 224 Å². The van der Waals surface area contributed by atoms with Gasteiger partial charge in [-0.15, -0.1) is 4.80 Å². The molecule has 206 valence electrons. The van der Waals surface area contributed by atoms with Crippen LogP contribution in [-0.4, -0.2) is 57.4 Å². The van der Waals surface area contributed by atoms with Crippen LogP contribution in [0.2, 0.25) is 0 Å². The minimum Gasteiger partial charge on any atom is -0.465 e. The molecule has 0 aliphatic carbocycles. The molecule has 0 fully saturated rings. The molecular formula is C24H21F3N10O3. The molecule has 4 aromatic heterocycles. The van der Waals surface area contributed by atoms with Crippen LogP contribution in [-0.2, 0) is 6.18 Å². The number of pyridine rings is 2. The number of carboxylic acid groups (broad SMARTS) is 1. The van der Waals surface area contributed by atoms with Crippen LogP contribution in [0, 0.1) is 18.3 Å². The van der Waals surface area contributed by atoms with Gasteiger partial charge in [-0.3, -0.25) is 9.69 Å². The van der Waals surface area contributed by atoms with Crippen molar-refractivity contribution in [2.75, 3.05) is 10.2 Å². The molecule has 0 unspecified atom stereocenters. The van der Waals surface area contributed by atoms with Gasteiger partial charge in [0.2, 0.25) is 0 Å². The van der Waals surface area contributed by atoms with Crippen LogP contribution in [0.5, 0.6) is 0 Å². The van der Waals surface area contributed by atoms with Crippen LogP contribution in [0.25, 0.3) is 11.6 Å². The second kappa shape index (κ2) is 10.1. The summed E-state index contributed by atoms with van der Waals surface area (Å²) in [6, 6.07) is 5.86. The van der Waals surface area contributed by atoms with E-state index in [1.54, 1.807) is 20.8 Å². The molecule has 0 bridgehead atoms. The van der Waals surface area contributed by atoms with Crippen molar-refractivity contribution < 1.29 is 27.9 Å². The van der Waals surface area contributed by atoms with Crippen molar-refractivity contribution in [3.8, 4) is 17.7 Å². The Bertz CT molecular complexity index is 1630. The molecule has 0 aliphatic rings. The predicted molar refractivity (Wildman–Crippen MR) is 133 cm³/mol. The summed E-state index contributed by atoms with van der Waals surface area (Å²) in [6.07, 6.45) is -1.82. The Morgan fingerprint density at radius 1 is 1.07 bits per heavy atom. The predicted octanol–water partition coefficient (Wildman–Crippen LogP) is 3.98. The second-order valence-electron chi connectivity index (χ2n) is 9.39. The molecule has 0 atom stereocenters. The minimum absolute atomic E-state index is 0.0424. The van der Waals surface area contributed by atoms with Gasteiger partial charge in [-0.2, -0.15) is 33.7 Å². The van der Waals surface area contributed by atoms with Crippen LogP contribution < -0.4 is 10.2 Å². The van der Waals surface area contributed by atoms with Crippen molar-refractivity contribution in [2.24, 2.45) is 0 Å². The van der Waals surface area contributed by atoms with Gasteiger partial charge in [0.05, 0.1) is 36.0 Å². The fraction of sp³-hybridized carbons (Fsp3) is 0.250. The molecule has 0 aliphatic heterocycles. The summed E-state index contributed by atoms with van der Waals surface area (Å²) < 4.78 is 43.4. The van der Waals surface area contributed by atoms with E-state index in [2.05, 4.69) is 30.6 Å². The number of rotatable bonds is 5. The number of carbonyl (C=O) groups is 2. The Balaban J connectivity index is 1.75. The van der Waals surface area contributed by atoms with Crippen LogP contribution in [0.4, 0.5) is 29.5 Å². The number of aryl methyl sites for hydroxylation is 1. The fourth-order valence-electron chi connectivity index (χ4n) is 3.81. The van der Waals surface area contributed by atoms with E-state index in [-0.39, 0.29) is 34.3 Å². The van der Waals surface area contributed by atoms with Crippen LogP contribution in [0.1, 0.15) is 48.0 Å². The third-order valence-electron chi connectivity index (χ3n) is 5.48. The summed E-state index contributed by atoms with van der Waals surface area (Å²) in [4.78, 5) is 35.1. The first kappa shape index (κ1) is 27.7. The van der Waals surface area contributed by atoms with Crippen LogP contribution in [0.15, 0.2) is 43.0 Å². The second-order valence-corrected chi connectivity index (χ2v) is 9.39. The number of nitrogens with zero attached hydrogens (tertiary/aromatic N) is 9. The molecule has 0 saturated carbocycles. The number of anilines is 2. The van der Waals surface area contributed by atoms with E-state index in [4.69, 9.17) is 0 Å². The van der Waals surface area contributed by atoms with Gasteiger partial charge in [-0.1, -0.05) is 6.07 Å². The molecule has 16 heteroatoms. The third kappa shape index (κ3) is 5.29. The number of nitrogens with one attached hydrogen (secondary N) is 1. The molecule has 0 saturated heterocycles. The number of nitriles is 1. The normalized spacial score (nSPS) is 11.7. The molecular weight excluding hydrogens is 533 g/mol. The smallest absolute Gasteiger partial charge is 0.434 e. The largest absolute Gasteiger partial charge is 0.465 e. The average Bonchev–Trinajstić information content (AvgIpc) is 3.54. The van der Waals surface area contributed by atoms with E-state index in [1.165, 1.54) is 37.5 Å². The number of hydrogen-bond acceptors (Lipinski definition) is 8. The van der Waals surface area contributed by atoms with Gasteiger partial charge in [-0.05, 0) is 45.4 Å². The zero-order valence-electron chi connectivity index (χ0n) is 21.5. The highest BCUT2D eigenvalue weighted by molar-refractivity contribution is 6.05. The van der Waals surface area contributed by atoms with E-state index < -0.39 is 35.0 Å². The molecule has 0 radical (unpaired) electrons. The first-order valence-corrected chi connectivity index (χ1v) is 11.5. The highest BCUT2D eigenvalue weighted by Crippen LogP contribution is 2.35. The monoisotopic (exact) mass is 554 g/mol. The van der Waals surface area contributed by atoms with Gasteiger partial charge in [0.1, 0.15) is 17.5 Å². The molecule has 2 amide bonds. The van der Waals surface area contributed by atoms with Crippen molar-refractivity contribution >= 4 is 23.5 Å². The van der Waals surface area contributed by atoms with E-state index in [0.717, 1.165) is 22.1 Å². The Hall–Kier alpha value is -5.33. The zero-order chi connectivity index (χ0) is 29.4. The summed E-state index contributed by atoms with van der Waals surface area (Å²) >= 11 is 0. The maximum absolute atomic E-state index is 14.3.